The van der Waals surface area contributed by atoms with Crippen LogP contribution in [0.15, 0.2) is 58.7 Å². The van der Waals surface area contributed by atoms with Gasteiger partial charge in [0.05, 0.1) is 12.6 Å². The van der Waals surface area contributed by atoms with E-state index in [0.717, 1.165) is 18.4 Å². The number of aromatic nitrogens is 2. The topological polar surface area (TPSA) is 55.2 Å². The summed E-state index contributed by atoms with van der Waals surface area (Å²) in [5.41, 5.74) is 2.34. The van der Waals surface area contributed by atoms with Crippen molar-refractivity contribution >= 4 is 17.2 Å². The van der Waals surface area contributed by atoms with Crippen molar-refractivity contribution in [2.75, 3.05) is 6.54 Å². The Morgan fingerprint density at radius 1 is 1.19 bits per heavy atom. The molecule has 0 saturated carbocycles. The Hall–Kier alpha value is -2.73. The zero-order valence-corrected chi connectivity index (χ0v) is 16.0. The Balaban J connectivity index is 1.62. The molecule has 2 aromatic heterocycles. The molecular weight excluding hydrogens is 358 g/mol. The Bertz CT molecular complexity index is 1010. The van der Waals surface area contributed by atoms with Gasteiger partial charge >= 0.3 is 0 Å². The second kappa shape index (κ2) is 7.48. The highest BCUT2D eigenvalue weighted by atomic mass is 32.1. The smallest absolute Gasteiger partial charge is 0.274 e. The van der Waals surface area contributed by atoms with Crippen molar-refractivity contribution < 1.29 is 4.79 Å². The summed E-state index contributed by atoms with van der Waals surface area (Å²) in [6.45, 7) is 3.14. The van der Waals surface area contributed by atoms with Crippen molar-refractivity contribution in [3.63, 3.8) is 0 Å². The fraction of sp³-hybridized carbons (Fsp3) is 0.286. The third kappa shape index (κ3) is 3.45. The Labute approximate surface area is 161 Å². The molecule has 1 atom stereocenters. The number of rotatable bonds is 4. The van der Waals surface area contributed by atoms with Crippen LogP contribution in [0.5, 0.6) is 0 Å². The summed E-state index contributed by atoms with van der Waals surface area (Å²) >= 11 is 1.76. The van der Waals surface area contributed by atoms with Gasteiger partial charge in [-0.3, -0.25) is 9.59 Å². The predicted molar refractivity (Wildman–Crippen MR) is 106 cm³/mol. The van der Waals surface area contributed by atoms with E-state index in [9.17, 15) is 9.59 Å². The minimum atomic E-state index is -0.207. The van der Waals surface area contributed by atoms with E-state index in [1.54, 1.807) is 17.4 Å². The average molecular weight is 379 g/mol. The molecule has 0 radical (unpaired) electrons. The van der Waals surface area contributed by atoms with Crippen LogP contribution in [0.3, 0.4) is 0 Å². The molecule has 5 nitrogen and oxygen atoms in total. The third-order valence-electron chi connectivity index (χ3n) is 5.00. The number of hydrogen-bond donors (Lipinski definition) is 0. The minimum absolute atomic E-state index is 0.0730. The highest BCUT2D eigenvalue weighted by molar-refractivity contribution is 7.10. The van der Waals surface area contributed by atoms with Gasteiger partial charge < -0.3 is 4.90 Å². The summed E-state index contributed by atoms with van der Waals surface area (Å²) in [6.07, 6.45) is 1.73. The first-order valence-electron chi connectivity index (χ1n) is 9.16. The number of hydrogen-bond acceptors (Lipinski definition) is 4. The number of thiophene rings is 1. The maximum atomic E-state index is 13.2. The van der Waals surface area contributed by atoms with Crippen LogP contribution >= 0.6 is 11.3 Å². The van der Waals surface area contributed by atoms with Crippen molar-refractivity contribution in [3.05, 3.63) is 86.0 Å². The first-order chi connectivity index (χ1) is 13.2. The lowest BCUT2D eigenvalue weighted by Crippen LogP contribution is -2.40. The third-order valence-corrected chi connectivity index (χ3v) is 6.00. The van der Waals surface area contributed by atoms with Gasteiger partial charge in [-0.1, -0.05) is 37.3 Å². The number of benzene rings is 1. The molecule has 0 unspecified atom stereocenters. The Kier molecular flexibility index (Phi) is 4.90. The number of nitrogens with zero attached hydrogens (tertiary/aromatic N) is 3. The molecule has 4 rings (SSSR count). The lowest BCUT2D eigenvalue weighted by molar-refractivity contribution is 0.0648. The summed E-state index contributed by atoms with van der Waals surface area (Å²) in [5.74, 6) is -0.111. The monoisotopic (exact) mass is 379 g/mol. The predicted octanol–water partition coefficient (Wildman–Crippen LogP) is 3.50. The van der Waals surface area contributed by atoms with Crippen molar-refractivity contribution in [2.45, 2.75) is 32.4 Å². The maximum absolute atomic E-state index is 13.2. The average Bonchev–Trinajstić information content (AvgIpc) is 3.18. The van der Waals surface area contributed by atoms with Crippen LogP contribution in [0.4, 0.5) is 0 Å². The lowest BCUT2D eigenvalue weighted by Gasteiger charge is -2.35. The molecule has 0 spiro atoms. The van der Waals surface area contributed by atoms with E-state index in [0.29, 0.717) is 18.8 Å². The van der Waals surface area contributed by atoms with Gasteiger partial charge in [0.15, 0.2) is 0 Å². The molecule has 1 aliphatic heterocycles. The lowest BCUT2D eigenvalue weighted by atomic mass is 9.97. The van der Waals surface area contributed by atoms with Crippen LogP contribution < -0.4 is 5.56 Å². The van der Waals surface area contributed by atoms with Gasteiger partial charge in [0.25, 0.3) is 11.5 Å². The van der Waals surface area contributed by atoms with Crippen molar-refractivity contribution in [3.8, 4) is 0 Å². The molecule has 1 aliphatic rings. The zero-order chi connectivity index (χ0) is 18.8. The van der Waals surface area contributed by atoms with Gasteiger partial charge in [-0.2, -0.15) is 5.10 Å². The van der Waals surface area contributed by atoms with Gasteiger partial charge in [-0.25, -0.2) is 4.68 Å². The molecule has 3 heterocycles. The number of carbonyl (C=O) groups excluding carboxylic acids is 1. The maximum Gasteiger partial charge on any atom is 0.274 e. The van der Waals surface area contributed by atoms with Crippen LogP contribution in [0.2, 0.25) is 0 Å². The minimum Gasteiger partial charge on any atom is -0.330 e. The molecular formula is C21H21N3O2S. The molecule has 0 N–H and O–H groups in total. The van der Waals surface area contributed by atoms with Gasteiger partial charge in [0.1, 0.15) is 5.69 Å². The SMILES string of the molecule is CC[C@H]1c2ccsc2CCN1C(=O)c1ccc(=O)n(Cc2ccccc2)n1. The van der Waals surface area contributed by atoms with Crippen LogP contribution in [0.1, 0.15) is 45.9 Å². The second-order valence-corrected chi connectivity index (χ2v) is 7.67. The van der Waals surface area contributed by atoms with Crippen molar-refractivity contribution in [1.29, 1.82) is 0 Å². The summed E-state index contributed by atoms with van der Waals surface area (Å²) < 4.78 is 1.36. The van der Waals surface area contributed by atoms with Gasteiger partial charge in [-0.15, -0.1) is 11.3 Å². The summed E-state index contributed by atoms with van der Waals surface area (Å²) in [7, 11) is 0. The Morgan fingerprint density at radius 3 is 2.78 bits per heavy atom. The molecule has 3 aromatic rings. The zero-order valence-electron chi connectivity index (χ0n) is 15.2. The van der Waals surface area contributed by atoms with E-state index >= 15 is 0 Å². The molecule has 6 heteroatoms. The highest BCUT2D eigenvalue weighted by Crippen LogP contribution is 2.35. The fourth-order valence-electron chi connectivity index (χ4n) is 3.66. The largest absolute Gasteiger partial charge is 0.330 e. The van der Waals surface area contributed by atoms with Gasteiger partial charge in [0, 0.05) is 17.5 Å². The highest BCUT2D eigenvalue weighted by Gasteiger charge is 2.31. The second-order valence-electron chi connectivity index (χ2n) is 6.67. The van der Waals surface area contributed by atoms with E-state index < -0.39 is 0 Å². The van der Waals surface area contributed by atoms with E-state index in [-0.39, 0.29) is 17.5 Å². The summed E-state index contributed by atoms with van der Waals surface area (Å²) in [5, 5.41) is 6.47. The molecule has 0 bridgehead atoms. The number of carbonyl (C=O) groups is 1. The molecule has 0 fully saturated rings. The van der Waals surface area contributed by atoms with Crippen LogP contribution in [-0.2, 0) is 13.0 Å². The summed E-state index contributed by atoms with van der Waals surface area (Å²) in [4.78, 5) is 28.6. The van der Waals surface area contributed by atoms with E-state index in [2.05, 4.69) is 23.5 Å². The standard InChI is InChI=1S/C21H21N3O2S/c1-2-18-16-11-13-27-19(16)10-12-23(18)21(26)17-8-9-20(25)24(22-17)14-15-6-4-3-5-7-15/h3-9,11,13,18H,2,10,12,14H2,1H3/t18-/m0/s1. The number of fused-ring (bicyclic) bond motifs is 1. The fourth-order valence-corrected chi connectivity index (χ4v) is 4.59. The van der Waals surface area contributed by atoms with Crippen LogP contribution in [0.25, 0.3) is 0 Å². The first kappa shape index (κ1) is 17.7. The van der Waals surface area contributed by atoms with E-state index in [4.69, 9.17) is 0 Å². The van der Waals surface area contributed by atoms with Crippen molar-refractivity contribution in [2.24, 2.45) is 0 Å². The van der Waals surface area contributed by atoms with E-state index in [1.165, 1.54) is 21.2 Å². The summed E-state index contributed by atoms with van der Waals surface area (Å²) in [6, 6.07) is 14.8. The molecule has 27 heavy (non-hydrogen) atoms. The molecule has 0 saturated heterocycles. The van der Waals surface area contributed by atoms with Gasteiger partial charge in [-0.05, 0) is 41.5 Å². The van der Waals surface area contributed by atoms with Crippen LogP contribution in [0, 0.1) is 0 Å². The quantitative estimate of drug-likeness (QED) is 0.697. The molecule has 1 amide bonds. The molecule has 1 aromatic carbocycles. The molecule has 0 aliphatic carbocycles. The van der Waals surface area contributed by atoms with E-state index in [1.807, 2.05) is 35.2 Å². The molecule has 138 valence electrons. The van der Waals surface area contributed by atoms with Crippen LogP contribution in [-0.4, -0.2) is 27.1 Å². The van der Waals surface area contributed by atoms with Gasteiger partial charge in [0.2, 0.25) is 0 Å². The first-order valence-corrected chi connectivity index (χ1v) is 10.0. The normalized spacial score (nSPS) is 16.2. The number of amides is 1. The Morgan fingerprint density at radius 2 is 2.00 bits per heavy atom. The van der Waals surface area contributed by atoms with Crippen molar-refractivity contribution in [1.82, 2.24) is 14.7 Å².